The van der Waals surface area contributed by atoms with Crippen LogP contribution in [0.25, 0.3) is 10.8 Å². The molecule has 0 radical (unpaired) electrons. The van der Waals surface area contributed by atoms with Gasteiger partial charge in [0.2, 0.25) is 0 Å². The molecular weight excluding hydrogens is 300 g/mol. The van der Waals surface area contributed by atoms with Gasteiger partial charge >= 0.3 is 0 Å². The molecule has 1 unspecified atom stereocenters. The molecule has 4 rings (SSSR count). The van der Waals surface area contributed by atoms with Gasteiger partial charge in [-0.2, -0.15) is 0 Å². The predicted molar refractivity (Wildman–Crippen MR) is 92.7 cm³/mol. The topological polar surface area (TPSA) is 63.4 Å². The van der Waals surface area contributed by atoms with Gasteiger partial charge in [-0.25, -0.2) is 0 Å². The first-order valence-electron chi connectivity index (χ1n) is 7.85. The number of rotatable bonds is 3. The summed E-state index contributed by atoms with van der Waals surface area (Å²) in [6.07, 6.45) is 0. The van der Waals surface area contributed by atoms with Crippen LogP contribution in [-0.4, -0.2) is 23.3 Å². The summed E-state index contributed by atoms with van der Waals surface area (Å²) in [5.41, 5.74) is 8.19. The second kappa shape index (κ2) is 5.58. The van der Waals surface area contributed by atoms with Crippen LogP contribution in [0.3, 0.4) is 0 Å². The highest BCUT2D eigenvalue weighted by molar-refractivity contribution is 6.21. The Kier molecular flexibility index (Phi) is 3.40. The third-order valence-electron chi connectivity index (χ3n) is 4.48. The van der Waals surface area contributed by atoms with Gasteiger partial charge in [-0.05, 0) is 28.5 Å². The lowest BCUT2D eigenvalue weighted by atomic mass is 9.99. The Labute approximate surface area is 139 Å². The fraction of sp³-hybridized carbons (Fsp3) is 0.100. The van der Waals surface area contributed by atoms with Crippen molar-refractivity contribution in [1.82, 2.24) is 4.90 Å². The maximum atomic E-state index is 12.5. The molecule has 2 N–H and O–H groups in total. The first-order valence-corrected chi connectivity index (χ1v) is 7.85. The lowest BCUT2D eigenvalue weighted by Crippen LogP contribution is -2.36. The number of nitrogens with two attached hydrogens (primary N) is 1. The van der Waals surface area contributed by atoms with Gasteiger partial charge in [-0.3, -0.25) is 14.5 Å². The highest BCUT2D eigenvalue weighted by Gasteiger charge is 2.36. The molecule has 2 amide bonds. The number of carbonyl (C=O) groups excluding carboxylic acids is 2. The first-order chi connectivity index (χ1) is 11.7. The molecule has 1 aliphatic rings. The summed E-state index contributed by atoms with van der Waals surface area (Å²) in [4.78, 5) is 26.2. The van der Waals surface area contributed by atoms with Gasteiger partial charge in [-0.15, -0.1) is 0 Å². The number of benzene rings is 3. The molecule has 0 saturated carbocycles. The molecule has 0 spiro atoms. The van der Waals surface area contributed by atoms with E-state index < -0.39 is 6.04 Å². The zero-order chi connectivity index (χ0) is 16.7. The van der Waals surface area contributed by atoms with Crippen LogP contribution in [0.2, 0.25) is 0 Å². The highest BCUT2D eigenvalue weighted by atomic mass is 16.2. The average Bonchev–Trinajstić information content (AvgIpc) is 2.86. The van der Waals surface area contributed by atoms with Crippen molar-refractivity contribution in [2.24, 2.45) is 5.73 Å². The molecule has 0 bridgehead atoms. The van der Waals surface area contributed by atoms with Crippen molar-refractivity contribution in [3.8, 4) is 0 Å². The Morgan fingerprint density at radius 3 is 2.08 bits per heavy atom. The van der Waals surface area contributed by atoms with Crippen LogP contribution in [0, 0.1) is 0 Å². The fourth-order valence-electron chi connectivity index (χ4n) is 3.27. The van der Waals surface area contributed by atoms with Gasteiger partial charge < -0.3 is 5.73 Å². The van der Waals surface area contributed by atoms with Crippen LogP contribution in [0.15, 0.2) is 66.7 Å². The third-order valence-corrected chi connectivity index (χ3v) is 4.48. The Morgan fingerprint density at radius 2 is 1.38 bits per heavy atom. The Balaban J connectivity index is 1.66. The standard InChI is InChI=1S/C20H16N2O2/c21-18(15-11-5-7-13-6-1-2-8-14(13)15)12-22-19(23)16-9-3-4-10-17(16)20(22)24/h1-11,18H,12,21H2. The van der Waals surface area contributed by atoms with Crippen molar-refractivity contribution >= 4 is 22.6 Å². The van der Waals surface area contributed by atoms with E-state index in [4.69, 9.17) is 5.73 Å². The highest BCUT2D eigenvalue weighted by Crippen LogP contribution is 2.27. The summed E-state index contributed by atoms with van der Waals surface area (Å²) in [6.45, 7) is 0.167. The minimum Gasteiger partial charge on any atom is -0.322 e. The van der Waals surface area contributed by atoms with Gasteiger partial charge in [0.1, 0.15) is 0 Å². The van der Waals surface area contributed by atoms with Crippen LogP contribution >= 0.6 is 0 Å². The second-order valence-corrected chi connectivity index (χ2v) is 5.94. The molecule has 1 heterocycles. The third kappa shape index (κ3) is 2.20. The number of imide groups is 1. The predicted octanol–water partition coefficient (Wildman–Crippen LogP) is 3.14. The van der Waals surface area contributed by atoms with Gasteiger partial charge in [-0.1, -0.05) is 54.6 Å². The molecule has 3 aromatic carbocycles. The quantitative estimate of drug-likeness (QED) is 0.755. The molecule has 0 saturated heterocycles. The van der Waals surface area contributed by atoms with E-state index >= 15 is 0 Å². The van der Waals surface area contributed by atoms with Crippen molar-refractivity contribution in [2.45, 2.75) is 6.04 Å². The normalized spacial score (nSPS) is 15.0. The number of hydrogen-bond donors (Lipinski definition) is 1. The fourth-order valence-corrected chi connectivity index (χ4v) is 3.27. The van der Waals surface area contributed by atoms with Crippen molar-refractivity contribution in [3.05, 3.63) is 83.4 Å². The lowest BCUT2D eigenvalue weighted by Gasteiger charge is -2.20. The second-order valence-electron chi connectivity index (χ2n) is 5.94. The summed E-state index contributed by atoms with van der Waals surface area (Å²) in [5, 5.41) is 2.14. The van der Waals surface area contributed by atoms with Gasteiger partial charge in [0.15, 0.2) is 0 Å². The van der Waals surface area contributed by atoms with E-state index in [-0.39, 0.29) is 18.4 Å². The minimum absolute atomic E-state index is 0.167. The molecular formula is C20H16N2O2. The van der Waals surface area contributed by atoms with Gasteiger partial charge in [0, 0.05) is 12.6 Å². The Bertz CT molecular complexity index is 924. The SMILES string of the molecule is NC(CN1C(=O)c2ccccc2C1=O)c1cccc2ccccc12. The molecule has 118 valence electrons. The van der Waals surface area contributed by atoms with Crippen molar-refractivity contribution < 1.29 is 9.59 Å². The van der Waals surface area contributed by atoms with E-state index in [1.807, 2.05) is 42.5 Å². The number of amides is 2. The largest absolute Gasteiger partial charge is 0.322 e. The first kappa shape index (κ1) is 14.6. The van der Waals surface area contributed by atoms with Crippen LogP contribution in [0.5, 0.6) is 0 Å². The van der Waals surface area contributed by atoms with E-state index in [1.54, 1.807) is 24.3 Å². The van der Waals surface area contributed by atoms with Crippen LogP contribution in [0.1, 0.15) is 32.3 Å². The van der Waals surface area contributed by atoms with E-state index in [0.717, 1.165) is 16.3 Å². The average molecular weight is 316 g/mol. The van der Waals surface area contributed by atoms with E-state index in [1.165, 1.54) is 4.90 Å². The lowest BCUT2D eigenvalue weighted by molar-refractivity contribution is 0.0645. The summed E-state index contributed by atoms with van der Waals surface area (Å²) in [5.74, 6) is -0.544. The summed E-state index contributed by atoms with van der Waals surface area (Å²) in [6, 6.07) is 20.3. The van der Waals surface area contributed by atoms with Crippen LogP contribution in [0.4, 0.5) is 0 Å². The van der Waals surface area contributed by atoms with Gasteiger partial charge in [0.25, 0.3) is 11.8 Å². The van der Waals surface area contributed by atoms with Gasteiger partial charge in [0.05, 0.1) is 11.1 Å². The molecule has 0 fully saturated rings. The molecule has 4 heteroatoms. The van der Waals surface area contributed by atoms with Crippen molar-refractivity contribution in [1.29, 1.82) is 0 Å². The maximum Gasteiger partial charge on any atom is 0.261 e. The van der Waals surface area contributed by atoms with Crippen LogP contribution < -0.4 is 5.73 Å². The Morgan fingerprint density at radius 1 is 0.792 bits per heavy atom. The minimum atomic E-state index is -0.432. The molecule has 24 heavy (non-hydrogen) atoms. The van der Waals surface area contributed by atoms with Crippen molar-refractivity contribution in [2.75, 3.05) is 6.54 Å². The molecule has 1 aliphatic heterocycles. The zero-order valence-electron chi connectivity index (χ0n) is 13.0. The molecule has 4 nitrogen and oxygen atoms in total. The van der Waals surface area contributed by atoms with E-state index in [9.17, 15) is 9.59 Å². The maximum absolute atomic E-state index is 12.5. The number of nitrogens with zero attached hydrogens (tertiary/aromatic N) is 1. The molecule has 0 aromatic heterocycles. The summed E-state index contributed by atoms with van der Waals surface area (Å²) in [7, 11) is 0. The monoisotopic (exact) mass is 316 g/mol. The Hall–Kier alpha value is -2.98. The van der Waals surface area contributed by atoms with E-state index in [0.29, 0.717) is 11.1 Å². The van der Waals surface area contributed by atoms with E-state index in [2.05, 4.69) is 0 Å². The smallest absolute Gasteiger partial charge is 0.261 e. The molecule has 0 aliphatic carbocycles. The zero-order valence-corrected chi connectivity index (χ0v) is 13.0. The summed E-state index contributed by atoms with van der Waals surface area (Å²) >= 11 is 0. The molecule has 1 atom stereocenters. The van der Waals surface area contributed by atoms with Crippen LogP contribution in [-0.2, 0) is 0 Å². The number of carbonyl (C=O) groups is 2. The van der Waals surface area contributed by atoms with Crippen molar-refractivity contribution in [3.63, 3.8) is 0 Å². The summed E-state index contributed by atoms with van der Waals surface area (Å²) < 4.78 is 0. The number of hydrogen-bond acceptors (Lipinski definition) is 3. The molecule has 3 aromatic rings. The number of fused-ring (bicyclic) bond motifs is 2.